The summed E-state index contributed by atoms with van der Waals surface area (Å²) in [7, 11) is 0. The molecule has 0 radical (unpaired) electrons. The molecule has 5 N–H and O–H groups in total. The van der Waals surface area contributed by atoms with E-state index in [0.29, 0.717) is 17.0 Å². The summed E-state index contributed by atoms with van der Waals surface area (Å²) in [5, 5.41) is 2.61. The summed E-state index contributed by atoms with van der Waals surface area (Å²) in [6, 6.07) is 6.76. The van der Waals surface area contributed by atoms with E-state index in [9.17, 15) is 13.6 Å². The van der Waals surface area contributed by atoms with Gasteiger partial charge in [0.1, 0.15) is 30.3 Å². The van der Waals surface area contributed by atoms with Crippen molar-refractivity contribution in [2.24, 2.45) is 5.73 Å². The van der Waals surface area contributed by atoms with Crippen LogP contribution in [0.1, 0.15) is 47.2 Å². The molecule has 1 heterocycles. The summed E-state index contributed by atoms with van der Waals surface area (Å²) in [5.74, 6) is -1.30. The fourth-order valence-electron chi connectivity index (χ4n) is 3.57. The Labute approximate surface area is 190 Å². The third-order valence-corrected chi connectivity index (χ3v) is 5.48. The normalized spacial score (nSPS) is 14.1. The van der Waals surface area contributed by atoms with Crippen LogP contribution >= 0.6 is 0 Å². The Morgan fingerprint density at radius 3 is 2.67 bits per heavy atom. The number of ether oxygens (including phenoxy) is 1. The second-order valence-corrected chi connectivity index (χ2v) is 8.32. The van der Waals surface area contributed by atoms with E-state index in [0.717, 1.165) is 18.4 Å². The van der Waals surface area contributed by atoms with Crippen molar-refractivity contribution in [3.63, 3.8) is 0 Å². The lowest BCUT2D eigenvalue weighted by Crippen LogP contribution is -2.24. The van der Waals surface area contributed by atoms with Gasteiger partial charge in [0.2, 0.25) is 0 Å². The fourth-order valence-corrected chi connectivity index (χ4v) is 3.57. The average Bonchev–Trinajstić information content (AvgIpc) is 3.60. The van der Waals surface area contributed by atoms with Crippen LogP contribution < -0.4 is 21.5 Å². The number of rotatable bonds is 7. The minimum Gasteiger partial charge on any atom is -0.486 e. The molecular weight excluding hydrogens is 428 g/mol. The van der Waals surface area contributed by atoms with E-state index in [-0.39, 0.29) is 41.2 Å². The molecule has 1 aliphatic rings. The third kappa shape index (κ3) is 4.93. The molecule has 0 bridgehead atoms. The highest BCUT2D eigenvalue weighted by atomic mass is 19.1. The van der Waals surface area contributed by atoms with Gasteiger partial charge in [0.25, 0.3) is 5.91 Å². The van der Waals surface area contributed by atoms with Crippen molar-refractivity contribution in [1.29, 1.82) is 0 Å². The van der Waals surface area contributed by atoms with Crippen LogP contribution in [0.2, 0.25) is 0 Å². The molecule has 1 amide bonds. The van der Waals surface area contributed by atoms with Gasteiger partial charge in [-0.05, 0) is 68.0 Å². The van der Waals surface area contributed by atoms with E-state index >= 15 is 0 Å². The van der Waals surface area contributed by atoms with Crippen molar-refractivity contribution < 1.29 is 18.3 Å². The van der Waals surface area contributed by atoms with E-state index < -0.39 is 17.5 Å². The second kappa shape index (κ2) is 9.11. The first-order valence-corrected chi connectivity index (χ1v) is 10.6. The number of hydrogen-bond acceptors (Lipinski definition) is 6. The molecule has 3 aromatic rings. The molecule has 1 aromatic heterocycles. The number of amides is 1. The van der Waals surface area contributed by atoms with Crippen molar-refractivity contribution >= 4 is 17.4 Å². The molecule has 1 atom stereocenters. The summed E-state index contributed by atoms with van der Waals surface area (Å²) in [6.07, 6.45) is 3.29. The molecule has 9 heteroatoms. The lowest BCUT2D eigenvalue weighted by Gasteiger charge is -2.17. The Balaban J connectivity index is 1.67. The highest BCUT2D eigenvalue weighted by Crippen LogP contribution is 2.40. The quantitative estimate of drug-likeness (QED) is 0.495. The summed E-state index contributed by atoms with van der Waals surface area (Å²) in [5.41, 5.74) is 13.8. The first kappa shape index (κ1) is 22.6. The molecule has 4 rings (SSSR count). The highest BCUT2D eigenvalue weighted by molar-refractivity contribution is 6.05. The van der Waals surface area contributed by atoms with Gasteiger partial charge >= 0.3 is 0 Å². The predicted octanol–water partition coefficient (Wildman–Crippen LogP) is 4.17. The fraction of sp³-hybridized carbons (Fsp3) is 0.292. The Kier molecular flexibility index (Phi) is 6.24. The Morgan fingerprint density at radius 1 is 1.24 bits per heavy atom. The van der Waals surface area contributed by atoms with E-state index in [1.165, 1.54) is 30.6 Å². The van der Waals surface area contributed by atoms with Gasteiger partial charge in [-0.3, -0.25) is 4.79 Å². The molecule has 2 aromatic carbocycles. The Morgan fingerprint density at radius 2 is 2.00 bits per heavy atom. The van der Waals surface area contributed by atoms with Crippen LogP contribution in [-0.2, 0) is 0 Å². The van der Waals surface area contributed by atoms with Crippen molar-refractivity contribution in [3.8, 4) is 17.0 Å². The molecule has 1 unspecified atom stereocenters. The Bertz CT molecular complexity index is 1210. The molecule has 0 aliphatic heterocycles. The van der Waals surface area contributed by atoms with Crippen LogP contribution in [0.15, 0.2) is 36.7 Å². The van der Waals surface area contributed by atoms with E-state index in [1.807, 2.05) is 0 Å². The zero-order chi connectivity index (χ0) is 23.7. The van der Waals surface area contributed by atoms with E-state index in [2.05, 4.69) is 15.3 Å². The third-order valence-electron chi connectivity index (χ3n) is 5.48. The molecule has 0 spiro atoms. The largest absolute Gasteiger partial charge is 0.486 e. The molecular formula is C24H25F2N5O2. The average molecular weight is 453 g/mol. The number of nitrogens with zero attached hydrogens (tertiary/aromatic N) is 2. The van der Waals surface area contributed by atoms with Gasteiger partial charge in [0.05, 0.1) is 5.56 Å². The number of nitrogens with two attached hydrogens (primary N) is 2. The summed E-state index contributed by atoms with van der Waals surface area (Å²) in [4.78, 5) is 20.9. The predicted molar refractivity (Wildman–Crippen MR) is 122 cm³/mol. The van der Waals surface area contributed by atoms with Crippen LogP contribution in [0.3, 0.4) is 0 Å². The number of aromatic nitrogens is 2. The summed E-state index contributed by atoms with van der Waals surface area (Å²) in [6.45, 7) is 3.60. The highest BCUT2D eigenvalue weighted by Gasteiger charge is 2.25. The number of halogens is 2. The van der Waals surface area contributed by atoms with Gasteiger partial charge in [0, 0.05) is 17.3 Å². The van der Waals surface area contributed by atoms with Gasteiger partial charge in [-0.15, -0.1) is 0 Å². The zero-order valence-electron chi connectivity index (χ0n) is 18.4. The molecule has 33 heavy (non-hydrogen) atoms. The van der Waals surface area contributed by atoms with Crippen molar-refractivity contribution in [2.75, 3.05) is 17.7 Å². The smallest absolute Gasteiger partial charge is 0.258 e. The van der Waals surface area contributed by atoms with Crippen LogP contribution in [0.25, 0.3) is 11.3 Å². The maximum atomic E-state index is 14.6. The van der Waals surface area contributed by atoms with Gasteiger partial charge in [-0.25, -0.2) is 18.7 Å². The number of nitrogens with one attached hydrogen (secondary N) is 1. The Hall–Kier alpha value is -3.59. The lowest BCUT2D eigenvalue weighted by atomic mass is 10.0. The van der Waals surface area contributed by atoms with Crippen molar-refractivity contribution in [3.05, 3.63) is 65.0 Å². The molecule has 7 nitrogen and oxygen atoms in total. The van der Waals surface area contributed by atoms with Gasteiger partial charge in [-0.2, -0.15) is 0 Å². The number of carbonyl (C=O) groups is 1. The number of benzene rings is 2. The lowest BCUT2D eigenvalue weighted by molar-refractivity contribution is 0.102. The number of nitrogen functional groups attached to an aromatic ring is 1. The SMILES string of the molecule is Cc1c(NC(=O)c2ccc(C3CC3)cc2F)cc(F)cc1-c1ncnc(N)c1OCC(C)N. The van der Waals surface area contributed by atoms with Crippen molar-refractivity contribution in [2.45, 2.75) is 38.6 Å². The maximum absolute atomic E-state index is 14.6. The molecule has 172 valence electrons. The van der Waals surface area contributed by atoms with E-state index in [4.69, 9.17) is 16.2 Å². The van der Waals surface area contributed by atoms with Crippen LogP contribution in [-0.4, -0.2) is 28.5 Å². The van der Waals surface area contributed by atoms with Crippen molar-refractivity contribution in [1.82, 2.24) is 9.97 Å². The number of hydrogen-bond donors (Lipinski definition) is 3. The summed E-state index contributed by atoms with van der Waals surface area (Å²) >= 11 is 0. The van der Waals surface area contributed by atoms with E-state index in [1.54, 1.807) is 19.9 Å². The standard InChI is InChI=1S/C24H25F2N5O2/c1-12(27)10-33-22-21(29-11-30-23(22)28)18-8-16(25)9-20(13(18)2)31-24(32)17-6-5-15(7-19(17)26)14-3-4-14/h5-9,11-12,14H,3-4,10,27H2,1-2H3,(H,31,32)(H2,28,29,30). The minimum absolute atomic E-state index is 0.0766. The minimum atomic E-state index is -0.676. The summed E-state index contributed by atoms with van der Waals surface area (Å²) < 4.78 is 34.8. The first-order valence-electron chi connectivity index (χ1n) is 10.6. The topological polar surface area (TPSA) is 116 Å². The molecule has 1 aliphatic carbocycles. The molecule has 1 saturated carbocycles. The number of anilines is 2. The molecule has 1 fully saturated rings. The van der Waals surface area contributed by atoms with Gasteiger partial charge < -0.3 is 21.5 Å². The zero-order valence-corrected chi connectivity index (χ0v) is 18.4. The monoisotopic (exact) mass is 453 g/mol. The van der Waals surface area contributed by atoms with Crippen LogP contribution in [0.4, 0.5) is 20.3 Å². The number of carbonyl (C=O) groups excluding carboxylic acids is 1. The van der Waals surface area contributed by atoms with Crippen LogP contribution in [0.5, 0.6) is 5.75 Å². The van der Waals surface area contributed by atoms with Gasteiger partial charge in [0.15, 0.2) is 11.6 Å². The second-order valence-electron chi connectivity index (χ2n) is 8.32. The maximum Gasteiger partial charge on any atom is 0.258 e. The molecule has 0 saturated heterocycles. The van der Waals surface area contributed by atoms with Crippen LogP contribution in [0, 0.1) is 18.6 Å². The van der Waals surface area contributed by atoms with Gasteiger partial charge in [-0.1, -0.05) is 6.07 Å². The first-order chi connectivity index (χ1) is 15.7.